The van der Waals surface area contributed by atoms with E-state index >= 15 is 0 Å². The fourth-order valence-electron chi connectivity index (χ4n) is 2.66. The third kappa shape index (κ3) is 4.51. The summed E-state index contributed by atoms with van der Waals surface area (Å²) in [5.74, 6) is 0.0583. The van der Waals surface area contributed by atoms with E-state index in [1.807, 2.05) is 26.8 Å². The molecule has 0 saturated carbocycles. The zero-order valence-electron chi connectivity index (χ0n) is 16.0. The summed E-state index contributed by atoms with van der Waals surface area (Å²) in [6.07, 6.45) is -4.41. The molecule has 0 atom stereocenters. The molecule has 0 heterocycles. The van der Waals surface area contributed by atoms with Gasteiger partial charge in [-0.05, 0) is 40.7 Å². The van der Waals surface area contributed by atoms with Gasteiger partial charge >= 0.3 is 6.18 Å². The predicted octanol–water partition coefficient (Wildman–Crippen LogP) is 6.75. The molecule has 2 nitrogen and oxygen atoms in total. The molecule has 2 rings (SSSR count). The summed E-state index contributed by atoms with van der Waals surface area (Å²) in [4.78, 5) is 0. The second-order valence-corrected chi connectivity index (χ2v) is 8.62. The summed E-state index contributed by atoms with van der Waals surface area (Å²) in [6, 6.07) is 8.73. The van der Waals surface area contributed by atoms with Crippen LogP contribution in [0, 0.1) is 0 Å². The van der Waals surface area contributed by atoms with Crippen molar-refractivity contribution in [3.05, 3.63) is 53.1 Å². The number of hydrogen-bond acceptors (Lipinski definition) is 2. The van der Waals surface area contributed by atoms with E-state index in [1.54, 1.807) is 12.1 Å². The molecule has 0 bridgehead atoms. The fraction of sp³-hybridized carbons (Fsp3) is 0.429. The average Bonchev–Trinajstić information content (AvgIpc) is 2.46. The Morgan fingerprint density at radius 2 is 1.42 bits per heavy atom. The maximum atomic E-state index is 12.9. The van der Waals surface area contributed by atoms with Crippen molar-refractivity contribution in [1.29, 1.82) is 0 Å². The van der Waals surface area contributed by atoms with Crippen molar-refractivity contribution in [3.63, 3.8) is 0 Å². The first-order chi connectivity index (χ1) is 11.7. The van der Waals surface area contributed by atoms with Crippen molar-refractivity contribution in [2.24, 2.45) is 0 Å². The van der Waals surface area contributed by atoms with E-state index in [4.69, 9.17) is 0 Å². The summed E-state index contributed by atoms with van der Waals surface area (Å²) in [7, 11) is 0. The molecule has 0 aromatic heterocycles. The Labute approximate surface area is 153 Å². The van der Waals surface area contributed by atoms with Gasteiger partial charge in [-0.2, -0.15) is 13.2 Å². The highest BCUT2D eigenvalue weighted by Crippen LogP contribution is 2.41. The van der Waals surface area contributed by atoms with E-state index in [9.17, 15) is 18.3 Å². The van der Waals surface area contributed by atoms with Crippen LogP contribution in [0.4, 0.5) is 24.5 Å². The largest absolute Gasteiger partial charge is 0.505 e. The highest BCUT2D eigenvalue weighted by molar-refractivity contribution is 5.70. The topological polar surface area (TPSA) is 32.3 Å². The van der Waals surface area contributed by atoms with Crippen molar-refractivity contribution in [1.82, 2.24) is 0 Å². The number of phenols is 1. The van der Waals surface area contributed by atoms with Gasteiger partial charge < -0.3 is 10.4 Å². The van der Waals surface area contributed by atoms with Crippen LogP contribution in [0.1, 0.15) is 58.2 Å². The van der Waals surface area contributed by atoms with Gasteiger partial charge in [-0.3, -0.25) is 0 Å². The lowest BCUT2D eigenvalue weighted by molar-refractivity contribution is -0.137. The number of phenolic OH excluding ortho intramolecular Hbond substituents is 1. The van der Waals surface area contributed by atoms with E-state index in [0.717, 1.165) is 23.3 Å². The van der Waals surface area contributed by atoms with E-state index in [1.165, 1.54) is 6.07 Å². The highest BCUT2D eigenvalue weighted by atomic mass is 19.4. The summed E-state index contributed by atoms with van der Waals surface area (Å²) in [5, 5.41) is 13.7. The zero-order chi connectivity index (χ0) is 19.9. The van der Waals surface area contributed by atoms with Crippen molar-refractivity contribution >= 4 is 11.4 Å². The average molecular weight is 365 g/mol. The number of hydrogen-bond donors (Lipinski definition) is 2. The standard InChI is InChI=1S/C21H26F3NO/c1-19(2,3)14-11-16(20(4,5)6)18(26)17(12-14)25-15-9-7-8-13(10-15)21(22,23)24/h7-12,25-26H,1-6H3. The summed E-state index contributed by atoms with van der Waals surface area (Å²) >= 11 is 0. The van der Waals surface area contributed by atoms with Gasteiger partial charge in [-0.15, -0.1) is 0 Å². The molecule has 2 N–H and O–H groups in total. The normalized spacial score (nSPS) is 13.0. The van der Waals surface area contributed by atoms with Crippen LogP contribution in [0.25, 0.3) is 0 Å². The Kier molecular flexibility index (Phi) is 5.06. The van der Waals surface area contributed by atoms with Crippen LogP contribution in [0.3, 0.4) is 0 Å². The van der Waals surface area contributed by atoms with E-state index in [2.05, 4.69) is 26.1 Å². The van der Waals surface area contributed by atoms with Crippen molar-refractivity contribution in [2.45, 2.75) is 58.5 Å². The van der Waals surface area contributed by atoms with Crippen LogP contribution in [-0.4, -0.2) is 5.11 Å². The van der Waals surface area contributed by atoms with Gasteiger partial charge in [-0.25, -0.2) is 0 Å². The first-order valence-electron chi connectivity index (χ1n) is 8.52. The molecular formula is C21H26F3NO. The first-order valence-corrected chi connectivity index (χ1v) is 8.52. The molecule has 0 spiro atoms. The minimum atomic E-state index is -4.41. The van der Waals surface area contributed by atoms with Gasteiger partial charge in [0.15, 0.2) is 0 Å². The quantitative estimate of drug-likeness (QED) is 0.577. The number of halogens is 3. The second-order valence-electron chi connectivity index (χ2n) is 8.62. The van der Waals surface area contributed by atoms with Gasteiger partial charge in [0.2, 0.25) is 0 Å². The molecule has 0 aliphatic rings. The predicted molar refractivity (Wildman–Crippen MR) is 100 cm³/mol. The Hall–Kier alpha value is -2.17. The van der Waals surface area contributed by atoms with Crippen LogP contribution in [0.5, 0.6) is 5.75 Å². The second kappa shape index (κ2) is 6.53. The SMILES string of the molecule is CC(C)(C)c1cc(Nc2cccc(C(F)(F)F)c2)c(O)c(C(C)(C)C)c1. The summed E-state index contributed by atoms with van der Waals surface area (Å²) in [5.41, 5.74) is 1.22. The number of rotatable bonds is 2. The Balaban J connectivity index is 2.56. The molecule has 0 aliphatic carbocycles. The minimum absolute atomic E-state index is 0.0583. The third-order valence-corrected chi connectivity index (χ3v) is 4.25. The van der Waals surface area contributed by atoms with Crippen LogP contribution >= 0.6 is 0 Å². The fourth-order valence-corrected chi connectivity index (χ4v) is 2.66. The number of anilines is 2. The monoisotopic (exact) mass is 365 g/mol. The third-order valence-electron chi connectivity index (χ3n) is 4.25. The Bertz CT molecular complexity index is 796. The molecule has 26 heavy (non-hydrogen) atoms. The van der Waals surface area contributed by atoms with Gasteiger partial charge in [0.1, 0.15) is 5.75 Å². The number of alkyl halides is 3. The number of nitrogens with one attached hydrogen (secondary N) is 1. The molecule has 5 heteroatoms. The Morgan fingerprint density at radius 3 is 1.92 bits per heavy atom. The maximum absolute atomic E-state index is 12.9. The van der Waals surface area contributed by atoms with E-state index < -0.39 is 11.7 Å². The molecule has 0 amide bonds. The lowest BCUT2D eigenvalue weighted by atomic mass is 9.79. The minimum Gasteiger partial charge on any atom is -0.505 e. The molecule has 2 aromatic carbocycles. The maximum Gasteiger partial charge on any atom is 0.416 e. The Morgan fingerprint density at radius 1 is 0.808 bits per heavy atom. The van der Waals surface area contributed by atoms with Crippen LogP contribution in [-0.2, 0) is 17.0 Å². The summed E-state index contributed by atoms with van der Waals surface area (Å²) in [6.45, 7) is 12.1. The van der Waals surface area contributed by atoms with Crippen LogP contribution in [0.2, 0.25) is 0 Å². The van der Waals surface area contributed by atoms with Gasteiger partial charge in [0, 0.05) is 11.3 Å². The van der Waals surface area contributed by atoms with Gasteiger partial charge in [0.05, 0.1) is 11.3 Å². The molecule has 0 aliphatic heterocycles. The van der Waals surface area contributed by atoms with Crippen molar-refractivity contribution in [3.8, 4) is 5.75 Å². The first kappa shape index (κ1) is 20.1. The highest BCUT2D eigenvalue weighted by Gasteiger charge is 2.30. The van der Waals surface area contributed by atoms with Crippen LogP contribution in [0.15, 0.2) is 36.4 Å². The zero-order valence-corrected chi connectivity index (χ0v) is 16.0. The molecule has 0 fully saturated rings. The van der Waals surface area contributed by atoms with Gasteiger partial charge in [-0.1, -0.05) is 53.7 Å². The molecule has 0 unspecified atom stereocenters. The van der Waals surface area contributed by atoms with Crippen LogP contribution < -0.4 is 5.32 Å². The molecule has 0 saturated heterocycles. The lowest BCUT2D eigenvalue weighted by Crippen LogP contribution is -2.17. The number of benzene rings is 2. The van der Waals surface area contributed by atoms with Crippen molar-refractivity contribution in [2.75, 3.05) is 5.32 Å². The molecule has 142 valence electrons. The molecular weight excluding hydrogens is 339 g/mol. The smallest absolute Gasteiger partial charge is 0.416 e. The molecule has 0 radical (unpaired) electrons. The summed E-state index contributed by atoms with van der Waals surface area (Å²) < 4.78 is 38.8. The lowest BCUT2D eigenvalue weighted by Gasteiger charge is -2.28. The van der Waals surface area contributed by atoms with Crippen molar-refractivity contribution < 1.29 is 18.3 Å². The van der Waals surface area contributed by atoms with E-state index in [0.29, 0.717) is 5.69 Å². The van der Waals surface area contributed by atoms with E-state index in [-0.39, 0.29) is 22.3 Å². The molecule has 2 aromatic rings. The number of aromatic hydroxyl groups is 1. The van der Waals surface area contributed by atoms with Gasteiger partial charge in [0.25, 0.3) is 0 Å².